The second kappa shape index (κ2) is 6.99. The molecule has 1 aliphatic heterocycles. The summed E-state index contributed by atoms with van der Waals surface area (Å²) in [6.45, 7) is 0.651. The van der Waals surface area contributed by atoms with Gasteiger partial charge in [0, 0.05) is 17.6 Å². The van der Waals surface area contributed by atoms with Gasteiger partial charge in [-0.05, 0) is 36.8 Å². The Morgan fingerprint density at radius 2 is 2.00 bits per heavy atom. The molecule has 3 atom stereocenters. The van der Waals surface area contributed by atoms with Gasteiger partial charge in [0.15, 0.2) is 0 Å². The third kappa shape index (κ3) is 3.36. The monoisotopic (exact) mass is 329 g/mol. The highest BCUT2D eigenvalue weighted by atomic mass is 35.5. The Balaban J connectivity index is 0.00000161. The Kier molecular flexibility index (Phi) is 5.53. The lowest BCUT2D eigenvalue weighted by atomic mass is 9.84. The standard InChI is InChI=1S/C16H20ClNO2.ClH/c17-13-7-3-1-6-12(13)10-18-14-8-4-2-5-11(14)9-15(18)16(19)20;/h1,3,6-7,11,14-15H,2,4-5,8-10H2,(H,19,20);1H. The van der Waals surface area contributed by atoms with Gasteiger partial charge in [0.05, 0.1) is 0 Å². The number of fused-ring (bicyclic) bond motifs is 1. The molecule has 0 amide bonds. The Hall–Kier alpha value is -0.770. The van der Waals surface area contributed by atoms with Crippen LogP contribution in [0.4, 0.5) is 0 Å². The van der Waals surface area contributed by atoms with Crippen LogP contribution in [0.2, 0.25) is 5.02 Å². The van der Waals surface area contributed by atoms with Crippen LogP contribution in [0.1, 0.15) is 37.7 Å². The number of aliphatic carboxylic acids is 1. The fourth-order valence-electron chi connectivity index (χ4n) is 3.85. The van der Waals surface area contributed by atoms with Gasteiger partial charge < -0.3 is 5.11 Å². The van der Waals surface area contributed by atoms with Crippen LogP contribution in [0.25, 0.3) is 0 Å². The van der Waals surface area contributed by atoms with E-state index < -0.39 is 5.97 Å². The lowest BCUT2D eigenvalue weighted by Crippen LogP contribution is -2.41. The van der Waals surface area contributed by atoms with Gasteiger partial charge in [-0.2, -0.15) is 0 Å². The molecule has 1 heterocycles. The Morgan fingerprint density at radius 1 is 1.29 bits per heavy atom. The second-order valence-electron chi connectivity index (χ2n) is 5.97. The molecule has 116 valence electrons. The van der Waals surface area contributed by atoms with Gasteiger partial charge >= 0.3 is 5.97 Å². The van der Waals surface area contributed by atoms with E-state index in [1.807, 2.05) is 24.3 Å². The minimum absolute atomic E-state index is 0. The van der Waals surface area contributed by atoms with E-state index in [0.29, 0.717) is 18.5 Å². The van der Waals surface area contributed by atoms with Crippen molar-refractivity contribution in [2.24, 2.45) is 5.92 Å². The molecule has 0 radical (unpaired) electrons. The molecule has 3 unspecified atom stereocenters. The molecule has 1 aromatic carbocycles. The predicted octanol–water partition coefficient (Wildman–Crippen LogP) is 3.98. The Morgan fingerprint density at radius 3 is 2.71 bits per heavy atom. The molecule has 3 rings (SSSR count). The molecule has 1 aromatic rings. The summed E-state index contributed by atoms with van der Waals surface area (Å²) >= 11 is 6.23. The molecule has 5 heteroatoms. The zero-order valence-corrected chi connectivity index (χ0v) is 13.4. The van der Waals surface area contributed by atoms with Crippen molar-refractivity contribution < 1.29 is 9.90 Å². The second-order valence-corrected chi connectivity index (χ2v) is 6.37. The van der Waals surface area contributed by atoms with Crippen LogP contribution in [-0.2, 0) is 11.3 Å². The smallest absolute Gasteiger partial charge is 0.320 e. The van der Waals surface area contributed by atoms with E-state index in [9.17, 15) is 9.90 Å². The number of nitrogens with zero attached hydrogens (tertiary/aromatic N) is 1. The molecular weight excluding hydrogens is 309 g/mol. The maximum absolute atomic E-state index is 11.6. The zero-order chi connectivity index (χ0) is 14.1. The number of carbonyl (C=O) groups is 1. The van der Waals surface area contributed by atoms with Gasteiger partial charge in [0.1, 0.15) is 6.04 Å². The van der Waals surface area contributed by atoms with Crippen molar-refractivity contribution in [3.8, 4) is 0 Å². The number of halogens is 2. The quantitative estimate of drug-likeness (QED) is 0.911. The van der Waals surface area contributed by atoms with Crippen molar-refractivity contribution in [1.29, 1.82) is 0 Å². The molecule has 1 saturated carbocycles. The molecular formula is C16H21Cl2NO2. The number of hydrogen-bond donors (Lipinski definition) is 1. The van der Waals surface area contributed by atoms with Crippen molar-refractivity contribution >= 4 is 30.0 Å². The average Bonchev–Trinajstić information content (AvgIpc) is 2.81. The van der Waals surface area contributed by atoms with Crippen molar-refractivity contribution in [2.75, 3.05) is 0 Å². The molecule has 0 bridgehead atoms. The van der Waals surface area contributed by atoms with E-state index in [-0.39, 0.29) is 18.4 Å². The molecule has 2 aliphatic rings. The number of carboxylic acids is 1. The summed E-state index contributed by atoms with van der Waals surface area (Å²) < 4.78 is 0. The van der Waals surface area contributed by atoms with Gasteiger partial charge in [-0.15, -0.1) is 12.4 Å². The van der Waals surface area contributed by atoms with Crippen molar-refractivity contribution in [3.05, 3.63) is 34.9 Å². The van der Waals surface area contributed by atoms with Gasteiger partial charge in [0.2, 0.25) is 0 Å². The topological polar surface area (TPSA) is 40.5 Å². The van der Waals surface area contributed by atoms with Crippen LogP contribution in [0.3, 0.4) is 0 Å². The first-order valence-corrected chi connectivity index (χ1v) is 7.76. The maximum Gasteiger partial charge on any atom is 0.320 e. The van der Waals surface area contributed by atoms with Crippen LogP contribution < -0.4 is 0 Å². The third-order valence-electron chi connectivity index (χ3n) is 4.82. The van der Waals surface area contributed by atoms with Gasteiger partial charge in [0.25, 0.3) is 0 Å². The first-order valence-electron chi connectivity index (χ1n) is 7.39. The van der Waals surface area contributed by atoms with Crippen LogP contribution >= 0.6 is 24.0 Å². The van der Waals surface area contributed by atoms with Crippen molar-refractivity contribution in [3.63, 3.8) is 0 Å². The number of hydrogen-bond acceptors (Lipinski definition) is 2. The van der Waals surface area contributed by atoms with E-state index in [1.54, 1.807) is 0 Å². The number of carboxylic acid groups (broad SMARTS) is 1. The highest BCUT2D eigenvalue weighted by Gasteiger charge is 2.45. The summed E-state index contributed by atoms with van der Waals surface area (Å²) in [5, 5.41) is 10.2. The number of rotatable bonds is 3. The van der Waals surface area contributed by atoms with Crippen LogP contribution in [0.5, 0.6) is 0 Å². The fraction of sp³-hybridized carbons (Fsp3) is 0.562. The summed E-state index contributed by atoms with van der Waals surface area (Å²) in [6.07, 6.45) is 5.55. The SMILES string of the molecule is Cl.O=C(O)C1CC2CCCCC2N1Cc1ccccc1Cl. The fourth-order valence-corrected chi connectivity index (χ4v) is 4.04. The zero-order valence-electron chi connectivity index (χ0n) is 11.9. The van der Waals surface area contributed by atoms with Crippen LogP contribution in [0.15, 0.2) is 24.3 Å². The molecule has 1 saturated heterocycles. The molecule has 21 heavy (non-hydrogen) atoms. The molecule has 0 spiro atoms. The molecule has 3 nitrogen and oxygen atoms in total. The largest absolute Gasteiger partial charge is 0.480 e. The van der Waals surface area contributed by atoms with Crippen LogP contribution in [0, 0.1) is 5.92 Å². The number of likely N-dealkylation sites (tertiary alicyclic amines) is 1. The Labute approximate surface area is 136 Å². The molecule has 0 aromatic heterocycles. The average molecular weight is 330 g/mol. The summed E-state index contributed by atoms with van der Waals surface area (Å²) in [6, 6.07) is 7.82. The highest BCUT2D eigenvalue weighted by Crippen LogP contribution is 2.40. The van der Waals surface area contributed by atoms with E-state index in [1.165, 1.54) is 19.3 Å². The van der Waals surface area contributed by atoms with E-state index in [4.69, 9.17) is 11.6 Å². The summed E-state index contributed by atoms with van der Waals surface area (Å²) in [5.74, 6) is -0.140. The molecule has 1 N–H and O–H groups in total. The summed E-state index contributed by atoms with van der Waals surface area (Å²) in [4.78, 5) is 13.7. The summed E-state index contributed by atoms with van der Waals surface area (Å²) in [7, 11) is 0. The lowest BCUT2D eigenvalue weighted by Gasteiger charge is -2.33. The molecule has 2 fully saturated rings. The van der Waals surface area contributed by atoms with Gasteiger partial charge in [-0.3, -0.25) is 9.69 Å². The Bertz CT molecular complexity index is 509. The lowest BCUT2D eigenvalue weighted by molar-refractivity contribution is -0.142. The summed E-state index contributed by atoms with van der Waals surface area (Å²) in [5.41, 5.74) is 1.03. The highest BCUT2D eigenvalue weighted by molar-refractivity contribution is 6.31. The van der Waals surface area contributed by atoms with E-state index in [0.717, 1.165) is 23.4 Å². The van der Waals surface area contributed by atoms with Gasteiger partial charge in [-0.25, -0.2) is 0 Å². The predicted molar refractivity (Wildman–Crippen MR) is 86.0 cm³/mol. The minimum atomic E-state index is -0.688. The first-order chi connectivity index (χ1) is 9.66. The maximum atomic E-state index is 11.6. The first kappa shape index (κ1) is 16.6. The van der Waals surface area contributed by atoms with Crippen molar-refractivity contribution in [1.82, 2.24) is 4.90 Å². The third-order valence-corrected chi connectivity index (χ3v) is 5.19. The van der Waals surface area contributed by atoms with Crippen LogP contribution in [-0.4, -0.2) is 28.1 Å². The number of benzene rings is 1. The van der Waals surface area contributed by atoms with Crippen molar-refractivity contribution in [2.45, 2.75) is 50.7 Å². The molecule has 1 aliphatic carbocycles. The minimum Gasteiger partial charge on any atom is -0.480 e. The van der Waals surface area contributed by atoms with E-state index >= 15 is 0 Å². The normalized spacial score (nSPS) is 28.7. The van der Waals surface area contributed by atoms with E-state index in [2.05, 4.69) is 4.90 Å². The van der Waals surface area contributed by atoms with Gasteiger partial charge in [-0.1, -0.05) is 42.6 Å².